The van der Waals surface area contributed by atoms with Crippen LogP contribution in [0.1, 0.15) is 18.9 Å². The van der Waals surface area contributed by atoms with Crippen LogP contribution in [0.15, 0.2) is 23.1 Å². The maximum Gasteiger partial charge on any atom is 0.239 e. The first-order chi connectivity index (χ1) is 8.63. The molecule has 0 radical (unpaired) electrons. The summed E-state index contributed by atoms with van der Waals surface area (Å²) in [6.45, 7) is 3.01. The number of thioether (sulfide) groups is 1. The van der Waals surface area contributed by atoms with Gasteiger partial charge in [0, 0.05) is 11.9 Å². The highest BCUT2D eigenvalue weighted by Gasteiger charge is 2.27. The third-order valence-corrected chi connectivity index (χ3v) is 4.40. The van der Waals surface area contributed by atoms with E-state index in [2.05, 4.69) is 23.5 Å². The number of hydrogen-bond donors (Lipinski definition) is 1. The third-order valence-electron chi connectivity index (χ3n) is 3.26. The van der Waals surface area contributed by atoms with Crippen LogP contribution >= 0.6 is 11.8 Å². The molecule has 0 saturated carbocycles. The number of nitrogens with one attached hydrogen (secondary N) is 1. The fourth-order valence-electron chi connectivity index (χ4n) is 2.19. The fourth-order valence-corrected chi connectivity index (χ4v) is 3.37. The summed E-state index contributed by atoms with van der Waals surface area (Å²) in [4.78, 5) is 14.9. The lowest BCUT2D eigenvalue weighted by atomic mass is 10.1. The summed E-state index contributed by atoms with van der Waals surface area (Å²) in [5.41, 5.74) is 2.40. The maximum atomic E-state index is 11.9. The zero-order chi connectivity index (χ0) is 13.1. The van der Waals surface area contributed by atoms with Crippen molar-refractivity contribution in [3.05, 3.63) is 23.8 Å². The molecular weight excluding hydrogens is 244 g/mol. The standard InChI is InChI=1S/C14H20N2OS/c1-10-14(17)16(3)12-7-6-11(5-4-8-15-2)9-13(12)18-10/h6-7,9-10,15H,4-5,8H2,1-3H3. The molecule has 3 nitrogen and oxygen atoms in total. The van der Waals surface area contributed by atoms with Crippen molar-refractivity contribution >= 4 is 23.4 Å². The Morgan fingerprint density at radius 2 is 2.22 bits per heavy atom. The maximum absolute atomic E-state index is 11.9. The first-order valence-electron chi connectivity index (χ1n) is 6.35. The van der Waals surface area contributed by atoms with Gasteiger partial charge in [-0.25, -0.2) is 0 Å². The van der Waals surface area contributed by atoms with Gasteiger partial charge < -0.3 is 10.2 Å². The van der Waals surface area contributed by atoms with Crippen molar-refractivity contribution in [1.29, 1.82) is 0 Å². The van der Waals surface area contributed by atoms with Crippen LogP contribution in [-0.2, 0) is 11.2 Å². The van der Waals surface area contributed by atoms with Crippen LogP contribution in [0.5, 0.6) is 0 Å². The van der Waals surface area contributed by atoms with E-state index in [-0.39, 0.29) is 11.2 Å². The van der Waals surface area contributed by atoms with Crippen molar-refractivity contribution in [2.24, 2.45) is 0 Å². The highest BCUT2D eigenvalue weighted by molar-refractivity contribution is 8.00. The highest BCUT2D eigenvalue weighted by Crippen LogP contribution is 2.38. The Hall–Kier alpha value is -1.00. The van der Waals surface area contributed by atoms with Crippen molar-refractivity contribution < 1.29 is 4.79 Å². The topological polar surface area (TPSA) is 32.3 Å². The van der Waals surface area contributed by atoms with Crippen LogP contribution < -0.4 is 10.2 Å². The van der Waals surface area contributed by atoms with Crippen molar-refractivity contribution in [2.75, 3.05) is 25.5 Å². The zero-order valence-corrected chi connectivity index (χ0v) is 12.0. The molecule has 1 amide bonds. The van der Waals surface area contributed by atoms with Gasteiger partial charge in [0.25, 0.3) is 0 Å². The molecule has 2 rings (SSSR count). The summed E-state index contributed by atoms with van der Waals surface area (Å²) in [5, 5.41) is 3.19. The summed E-state index contributed by atoms with van der Waals surface area (Å²) < 4.78 is 0. The summed E-state index contributed by atoms with van der Waals surface area (Å²) >= 11 is 1.67. The fraction of sp³-hybridized carbons (Fsp3) is 0.500. The molecule has 1 aromatic rings. The zero-order valence-electron chi connectivity index (χ0n) is 11.2. The first kappa shape index (κ1) is 13.4. The minimum absolute atomic E-state index is 0.0232. The van der Waals surface area contributed by atoms with Gasteiger partial charge in [-0.1, -0.05) is 6.07 Å². The second kappa shape index (κ2) is 5.76. The van der Waals surface area contributed by atoms with E-state index in [9.17, 15) is 4.79 Å². The summed E-state index contributed by atoms with van der Waals surface area (Å²) in [5.74, 6) is 0.190. The largest absolute Gasteiger partial charge is 0.320 e. The number of aryl methyl sites for hydroxylation is 1. The Bertz CT molecular complexity index is 447. The molecule has 0 fully saturated rings. The number of rotatable bonds is 4. The number of fused-ring (bicyclic) bond motifs is 1. The number of amides is 1. The number of nitrogens with zero attached hydrogens (tertiary/aromatic N) is 1. The number of carbonyl (C=O) groups is 1. The van der Waals surface area contributed by atoms with Crippen LogP contribution in [0.3, 0.4) is 0 Å². The Morgan fingerprint density at radius 3 is 2.94 bits per heavy atom. The molecule has 1 N–H and O–H groups in total. The van der Waals surface area contributed by atoms with Gasteiger partial charge >= 0.3 is 0 Å². The van der Waals surface area contributed by atoms with Gasteiger partial charge in [0.05, 0.1) is 10.9 Å². The smallest absolute Gasteiger partial charge is 0.239 e. The SMILES string of the molecule is CNCCCc1ccc2c(c1)SC(C)C(=O)N2C. The van der Waals surface area contributed by atoms with Gasteiger partial charge in [0.1, 0.15) is 0 Å². The lowest BCUT2D eigenvalue weighted by Gasteiger charge is -2.29. The van der Waals surface area contributed by atoms with Crippen molar-refractivity contribution in [3.8, 4) is 0 Å². The molecule has 0 spiro atoms. The molecule has 18 heavy (non-hydrogen) atoms. The molecule has 0 aliphatic carbocycles. The second-order valence-corrected chi connectivity index (χ2v) is 6.05. The van der Waals surface area contributed by atoms with Gasteiger partial charge in [-0.3, -0.25) is 4.79 Å². The van der Waals surface area contributed by atoms with Gasteiger partial charge in [0.2, 0.25) is 5.91 Å². The lowest BCUT2D eigenvalue weighted by Crippen LogP contribution is -2.36. The van der Waals surface area contributed by atoms with Crippen LogP contribution in [0.2, 0.25) is 0 Å². The van der Waals surface area contributed by atoms with Crippen molar-refractivity contribution in [2.45, 2.75) is 29.9 Å². The van der Waals surface area contributed by atoms with E-state index in [0.717, 1.165) is 25.1 Å². The molecule has 1 aliphatic rings. The normalized spacial score (nSPS) is 18.9. The molecule has 0 bridgehead atoms. The molecule has 1 aliphatic heterocycles. The van der Waals surface area contributed by atoms with Crippen molar-refractivity contribution in [1.82, 2.24) is 5.32 Å². The number of anilines is 1. The van der Waals surface area contributed by atoms with Crippen LogP contribution in [0.25, 0.3) is 0 Å². The Morgan fingerprint density at radius 1 is 1.44 bits per heavy atom. The summed E-state index contributed by atoms with van der Waals surface area (Å²) in [6, 6.07) is 6.44. The molecular formula is C14H20N2OS. The molecule has 4 heteroatoms. The predicted octanol–water partition coefficient (Wildman–Crippen LogP) is 2.30. The van der Waals surface area contributed by atoms with Gasteiger partial charge in [-0.05, 0) is 51.1 Å². The molecule has 1 unspecified atom stereocenters. The van der Waals surface area contributed by atoms with Crippen LogP contribution in [-0.4, -0.2) is 31.8 Å². The predicted molar refractivity (Wildman–Crippen MR) is 77.4 cm³/mol. The molecule has 1 aromatic carbocycles. The molecule has 0 aromatic heterocycles. The van der Waals surface area contributed by atoms with Gasteiger partial charge in [-0.15, -0.1) is 11.8 Å². The van der Waals surface area contributed by atoms with E-state index < -0.39 is 0 Å². The van der Waals surface area contributed by atoms with Crippen LogP contribution in [0.4, 0.5) is 5.69 Å². The average molecular weight is 264 g/mol. The number of benzene rings is 1. The molecule has 1 heterocycles. The number of carbonyl (C=O) groups excluding carboxylic acids is 1. The quantitative estimate of drug-likeness (QED) is 0.847. The Kier molecular flexibility index (Phi) is 4.30. The Balaban J connectivity index is 2.17. The number of hydrogen-bond acceptors (Lipinski definition) is 3. The van der Waals surface area contributed by atoms with Crippen LogP contribution in [0, 0.1) is 0 Å². The monoisotopic (exact) mass is 264 g/mol. The van der Waals surface area contributed by atoms with Crippen molar-refractivity contribution in [3.63, 3.8) is 0 Å². The van der Waals surface area contributed by atoms with E-state index in [1.165, 1.54) is 10.5 Å². The molecule has 0 saturated heterocycles. The van der Waals surface area contributed by atoms with E-state index in [1.807, 2.05) is 21.0 Å². The lowest BCUT2D eigenvalue weighted by molar-refractivity contribution is -0.117. The highest BCUT2D eigenvalue weighted by atomic mass is 32.2. The van der Waals surface area contributed by atoms with E-state index in [0.29, 0.717) is 0 Å². The minimum atomic E-state index is 0.0232. The molecule has 98 valence electrons. The minimum Gasteiger partial charge on any atom is -0.320 e. The van der Waals surface area contributed by atoms with Gasteiger partial charge in [0.15, 0.2) is 0 Å². The molecule has 1 atom stereocenters. The van der Waals surface area contributed by atoms with E-state index in [1.54, 1.807) is 16.7 Å². The first-order valence-corrected chi connectivity index (χ1v) is 7.23. The van der Waals surface area contributed by atoms with Gasteiger partial charge in [-0.2, -0.15) is 0 Å². The third kappa shape index (κ3) is 2.70. The second-order valence-electron chi connectivity index (χ2n) is 4.67. The summed E-state index contributed by atoms with van der Waals surface area (Å²) in [7, 11) is 3.84. The van der Waals surface area contributed by atoms with E-state index in [4.69, 9.17) is 0 Å². The Labute approximate surface area is 113 Å². The van der Waals surface area contributed by atoms with E-state index >= 15 is 0 Å². The summed E-state index contributed by atoms with van der Waals surface area (Å²) in [6.07, 6.45) is 2.23. The average Bonchev–Trinajstić information content (AvgIpc) is 2.36.